The summed E-state index contributed by atoms with van der Waals surface area (Å²) in [7, 11) is 0. The first-order valence-corrected chi connectivity index (χ1v) is 6.10. The van der Waals surface area contributed by atoms with Gasteiger partial charge in [-0.15, -0.1) is 0 Å². The predicted molar refractivity (Wildman–Crippen MR) is 75.3 cm³/mol. The maximum absolute atomic E-state index is 11.9. The van der Waals surface area contributed by atoms with E-state index in [1.807, 2.05) is 0 Å². The molecule has 0 saturated heterocycles. The minimum atomic E-state index is -0.653. The van der Waals surface area contributed by atoms with Crippen LogP contribution in [-0.2, 0) is 0 Å². The molecule has 2 rings (SSSR count). The lowest BCUT2D eigenvalue weighted by atomic mass is 10.2. The van der Waals surface area contributed by atoms with Crippen LogP contribution in [0.3, 0.4) is 0 Å². The summed E-state index contributed by atoms with van der Waals surface area (Å²) in [4.78, 5) is 25.9. The van der Waals surface area contributed by atoms with Crippen LogP contribution in [-0.4, -0.2) is 15.8 Å². The van der Waals surface area contributed by atoms with Crippen molar-refractivity contribution in [1.29, 1.82) is 0 Å². The van der Waals surface area contributed by atoms with Gasteiger partial charge in [0.25, 0.3) is 11.6 Å². The molecular weight excluding hydrogens is 305 g/mol. The maximum Gasteiger partial charge on any atom is 0.288 e. The van der Waals surface area contributed by atoms with Gasteiger partial charge < -0.3 is 5.32 Å². The monoisotopic (exact) mass is 311 g/mol. The molecule has 1 heterocycles. The van der Waals surface area contributed by atoms with Crippen molar-refractivity contribution in [3.05, 3.63) is 62.3 Å². The number of anilines is 1. The van der Waals surface area contributed by atoms with Crippen molar-refractivity contribution in [1.82, 2.24) is 4.98 Å². The Morgan fingerprint density at radius 2 is 2.00 bits per heavy atom. The number of nitro benzene ring substituents is 1. The van der Waals surface area contributed by atoms with E-state index in [4.69, 9.17) is 23.2 Å². The third-order valence-electron chi connectivity index (χ3n) is 2.37. The lowest BCUT2D eigenvalue weighted by Gasteiger charge is -2.04. The summed E-state index contributed by atoms with van der Waals surface area (Å²) in [5.41, 5.74) is -0.221. The smallest absolute Gasteiger partial charge is 0.288 e. The Morgan fingerprint density at radius 3 is 2.60 bits per heavy atom. The van der Waals surface area contributed by atoms with Crippen molar-refractivity contribution in [3.63, 3.8) is 0 Å². The molecule has 0 aliphatic heterocycles. The van der Waals surface area contributed by atoms with Crippen molar-refractivity contribution in [2.45, 2.75) is 0 Å². The zero-order chi connectivity index (χ0) is 14.7. The summed E-state index contributed by atoms with van der Waals surface area (Å²) >= 11 is 11.3. The standard InChI is InChI=1S/C12H7Cl2N3O3/c13-8-2-4-11(15-6-8)16-12(18)7-1-3-9(14)10(5-7)17(19)20/h1-6H,(H,15,16,18). The molecule has 2 aromatic rings. The van der Waals surface area contributed by atoms with Gasteiger partial charge >= 0.3 is 0 Å². The molecule has 1 amide bonds. The summed E-state index contributed by atoms with van der Waals surface area (Å²) in [6.45, 7) is 0. The molecular formula is C12H7Cl2N3O3. The SMILES string of the molecule is O=C(Nc1ccc(Cl)cn1)c1ccc(Cl)c([N+](=O)[O-])c1. The molecule has 0 aliphatic carbocycles. The number of carbonyl (C=O) groups is 1. The normalized spacial score (nSPS) is 10.1. The van der Waals surface area contributed by atoms with E-state index in [0.717, 1.165) is 6.07 Å². The molecule has 0 spiro atoms. The van der Waals surface area contributed by atoms with Gasteiger partial charge in [0.15, 0.2) is 0 Å². The molecule has 8 heteroatoms. The number of carbonyl (C=O) groups excluding carboxylic acids is 1. The second kappa shape index (κ2) is 5.85. The van der Waals surface area contributed by atoms with Gasteiger partial charge in [-0.3, -0.25) is 14.9 Å². The highest BCUT2D eigenvalue weighted by Crippen LogP contribution is 2.25. The van der Waals surface area contributed by atoms with E-state index in [2.05, 4.69) is 10.3 Å². The maximum atomic E-state index is 11.9. The van der Waals surface area contributed by atoms with Gasteiger partial charge in [-0.2, -0.15) is 0 Å². The molecule has 102 valence electrons. The van der Waals surface area contributed by atoms with Crippen LogP contribution in [0.5, 0.6) is 0 Å². The molecule has 0 bridgehead atoms. The Balaban J connectivity index is 2.23. The largest absolute Gasteiger partial charge is 0.307 e. The lowest BCUT2D eigenvalue weighted by Crippen LogP contribution is -2.13. The molecule has 1 aromatic heterocycles. The number of benzene rings is 1. The molecule has 0 saturated carbocycles. The molecule has 1 aromatic carbocycles. The highest BCUT2D eigenvalue weighted by atomic mass is 35.5. The first-order valence-electron chi connectivity index (χ1n) is 5.34. The van der Waals surface area contributed by atoms with Gasteiger partial charge in [-0.05, 0) is 24.3 Å². The Morgan fingerprint density at radius 1 is 1.25 bits per heavy atom. The number of amides is 1. The van der Waals surface area contributed by atoms with Gasteiger partial charge in [0.2, 0.25) is 0 Å². The number of hydrogen-bond donors (Lipinski definition) is 1. The van der Waals surface area contributed by atoms with Crippen LogP contribution in [0.15, 0.2) is 36.5 Å². The summed E-state index contributed by atoms with van der Waals surface area (Å²) in [5.74, 6) is -0.239. The van der Waals surface area contributed by atoms with Gasteiger partial charge in [-0.25, -0.2) is 4.98 Å². The fraction of sp³-hybridized carbons (Fsp3) is 0. The first-order chi connectivity index (χ1) is 9.47. The van der Waals surface area contributed by atoms with Crippen LogP contribution >= 0.6 is 23.2 Å². The van der Waals surface area contributed by atoms with Crippen molar-refractivity contribution in [3.8, 4) is 0 Å². The van der Waals surface area contributed by atoms with E-state index < -0.39 is 10.8 Å². The van der Waals surface area contributed by atoms with Crippen LogP contribution in [0.2, 0.25) is 10.0 Å². The van der Waals surface area contributed by atoms with Gasteiger partial charge in [-0.1, -0.05) is 23.2 Å². The fourth-order valence-corrected chi connectivity index (χ4v) is 1.73. The highest BCUT2D eigenvalue weighted by molar-refractivity contribution is 6.32. The fourth-order valence-electron chi connectivity index (χ4n) is 1.43. The van der Waals surface area contributed by atoms with Crippen LogP contribution in [0.4, 0.5) is 11.5 Å². The molecule has 0 radical (unpaired) electrons. The quantitative estimate of drug-likeness (QED) is 0.693. The van der Waals surface area contributed by atoms with E-state index in [0.29, 0.717) is 5.02 Å². The van der Waals surface area contributed by atoms with E-state index >= 15 is 0 Å². The van der Waals surface area contributed by atoms with E-state index in [9.17, 15) is 14.9 Å². The Kier molecular flexibility index (Phi) is 4.16. The Hall–Kier alpha value is -2.18. The van der Waals surface area contributed by atoms with Crippen LogP contribution in [0, 0.1) is 10.1 Å². The molecule has 0 aliphatic rings. The average molecular weight is 312 g/mol. The van der Waals surface area contributed by atoms with Crippen molar-refractivity contribution < 1.29 is 9.72 Å². The molecule has 6 nitrogen and oxygen atoms in total. The van der Waals surface area contributed by atoms with Crippen LogP contribution < -0.4 is 5.32 Å². The minimum Gasteiger partial charge on any atom is -0.307 e. The van der Waals surface area contributed by atoms with E-state index in [1.54, 1.807) is 6.07 Å². The van der Waals surface area contributed by atoms with Crippen molar-refractivity contribution in [2.75, 3.05) is 5.32 Å². The molecule has 20 heavy (non-hydrogen) atoms. The number of nitro groups is 1. The Labute approximate surface area is 123 Å². The summed E-state index contributed by atoms with van der Waals surface area (Å²) in [5, 5.41) is 13.7. The highest BCUT2D eigenvalue weighted by Gasteiger charge is 2.16. The van der Waals surface area contributed by atoms with Gasteiger partial charge in [0.1, 0.15) is 10.8 Å². The number of pyridine rings is 1. The minimum absolute atomic E-state index is 0.0313. The van der Waals surface area contributed by atoms with Gasteiger partial charge in [0.05, 0.1) is 9.95 Å². The topological polar surface area (TPSA) is 85.1 Å². The number of nitrogens with zero attached hydrogens (tertiary/aromatic N) is 2. The van der Waals surface area contributed by atoms with Gasteiger partial charge in [0, 0.05) is 17.8 Å². The zero-order valence-corrected chi connectivity index (χ0v) is 11.4. The second-order valence-electron chi connectivity index (χ2n) is 3.74. The molecule has 1 N–H and O–H groups in total. The van der Waals surface area contributed by atoms with Crippen molar-refractivity contribution in [2.24, 2.45) is 0 Å². The van der Waals surface area contributed by atoms with Crippen molar-refractivity contribution >= 4 is 40.6 Å². The molecule has 0 fully saturated rings. The predicted octanol–water partition coefficient (Wildman–Crippen LogP) is 3.55. The number of nitrogens with one attached hydrogen (secondary N) is 1. The zero-order valence-electron chi connectivity index (χ0n) is 9.84. The molecule has 0 unspecified atom stereocenters. The van der Waals surface area contributed by atoms with Crippen LogP contribution in [0.1, 0.15) is 10.4 Å². The van der Waals surface area contributed by atoms with E-state index in [-0.39, 0.29) is 22.1 Å². The number of halogens is 2. The lowest BCUT2D eigenvalue weighted by molar-refractivity contribution is -0.384. The van der Waals surface area contributed by atoms with Crippen LogP contribution in [0.25, 0.3) is 0 Å². The number of rotatable bonds is 3. The summed E-state index contributed by atoms with van der Waals surface area (Å²) < 4.78 is 0. The molecule has 0 atom stereocenters. The third-order valence-corrected chi connectivity index (χ3v) is 2.92. The first kappa shape index (κ1) is 14.2. The Bertz CT molecular complexity index is 674. The number of hydrogen-bond acceptors (Lipinski definition) is 4. The van der Waals surface area contributed by atoms with E-state index in [1.165, 1.54) is 24.4 Å². The second-order valence-corrected chi connectivity index (χ2v) is 4.58. The third kappa shape index (κ3) is 3.23. The summed E-state index contributed by atoms with van der Waals surface area (Å²) in [6, 6.07) is 6.87. The number of aromatic nitrogens is 1. The average Bonchev–Trinajstić information content (AvgIpc) is 2.41. The summed E-state index contributed by atoms with van der Waals surface area (Å²) in [6.07, 6.45) is 1.38.